The first-order valence-corrected chi connectivity index (χ1v) is 4.23. The van der Waals surface area contributed by atoms with Crippen molar-refractivity contribution in [2.75, 3.05) is 0 Å². The number of halogens is 1. The molecule has 1 aromatic heterocycles. The van der Waals surface area contributed by atoms with Crippen LogP contribution in [0, 0.1) is 6.20 Å². The highest BCUT2D eigenvalue weighted by atomic mass is 35.5. The molecule has 0 spiro atoms. The maximum absolute atomic E-state index is 5.78. The molecule has 4 heteroatoms. The second-order valence-corrected chi connectivity index (χ2v) is 3.10. The van der Waals surface area contributed by atoms with Gasteiger partial charge >= 0.3 is 0 Å². The van der Waals surface area contributed by atoms with Gasteiger partial charge in [0.1, 0.15) is 5.82 Å². The second kappa shape index (κ2) is 2.83. The molecule has 12 heavy (non-hydrogen) atoms. The number of imidazole rings is 1. The van der Waals surface area contributed by atoms with E-state index in [2.05, 4.69) is 18.1 Å². The maximum atomic E-state index is 5.78. The van der Waals surface area contributed by atoms with Gasteiger partial charge in [0.05, 0.1) is 18.4 Å². The molecule has 3 nitrogen and oxygen atoms in total. The van der Waals surface area contributed by atoms with E-state index in [1.165, 1.54) is 0 Å². The molecule has 2 heterocycles. The molecule has 0 amide bonds. The Morgan fingerprint density at radius 2 is 2.50 bits per heavy atom. The third-order valence-electron chi connectivity index (χ3n) is 1.80. The van der Waals surface area contributed by atoms with E-state index in [0.717, 1.165) is 17.9 Å². The lowest BCUT2D eigenvalue weighted by molar-refractivity contribution is 0.553. The van der Waals surface area contributed by atoms with Crippen molar-refractivity contribution in [3.05, 3.63) is 23.9 Å². The molecule has 0 bridgehead atoms. The number of aryl methyl sites for hydroxylation is 1. The Morgan fingerprint density at radius 3 is 3.25 bits per heavy atom. The third-order valence-corrected chi connectivity index (χ3v) is 2.03. The molecular formula is C8H9ClN3. The molecule has 1 aliphatic heterocycles. The molecule has 1 aliphatic rings. The van der Waals surface area contributed by atoms with Gasteiger partial charge in [-0.2, -0.15) is 0 Å². The standard InChI is InChI=1S/C8H9ClN3/c1-2-7-5-11-3-4-12(9)6-8(11)10-7/h3-4H,2,6H2,1H3. The minimum Gasteiger partial charge on any atom is -0.298 e. The summed E-state index contributed by atoms with van der Waals surface area (Å²) in [5.74, 6) is 0.948. The fourth-order valence-corrected chi connectivity index (χ4v) is 1.32. The predicted molar refractivity (Wildman–Crippen MR) is 47.2 cm³/mol. The van der Waals surface area contributed by atoms with Crippen LogP contribution in [-0.4, -0.2) is 14.0 Å². The van der Waals surface area contributed by atoms with Gasteiger partial charge in [-0.1, -0.05) is 6.92 Å². The van der Waals surface area contributed by atoms with Crippen molar-refractivity contribution in [3.8, 4) is 0 Å². The van der Waals surface area contributed by atoms with Crippen LogP contribution in [0.3, 0.4) is 0 Å². The SMILES string of the molecule is CCc1[c]n2c(n1)CN(Cl)C=C2. The van der Waals surface area contributed by atoms with E-state index in [1.807, 2.05) is 10.8 Å². The summed E-state index contributed by atoms with van der Waals surface area (Å²) >= 11 is 5.78. The van der Waals surface area contributed by atoms with Gasteiger partial charge in [0, 0.05) is 24.2 Å². The zero-order valence-corrected chi connectivity index (χ0v) is 7.54. The first-order valence-electron chi connectivity index (χ1n) is 3.89. The summed E-state index contributed by atoms with van der Waals surface area (Å²) in [6.45, 7) is 2.71. The van der Waals surface area contributed by atoms with Gasteiger partial charge in [0.15, 0.2) is 0 Å². The monoisotopic (exact) mass is 182 g/mol. The Labute approximate surface area is 76.4 Å². The van der Waals surface area contributed by atoms with Crippen molar-refractivity contribution in [2.45, 2.75) is 19.9 Å². The fourth-order valence-electron chi connectivity index (χ4n) is 1.16. The molecule has 0 aromatic carbocycles. The Kier molecular flexibility index (Phi) is 1.81. The average Bonchev–Trinajstić information content (AvgIpc) is 2.46. The number of hydrogen-bond donors (Lipinski definition) is 0. The van der Waals surface area contributed by atoms with Crippen LogP contribution >= 0.6 is 11.8 Å². The van der Waals surface area contributed by atoms with Crippen LogP contribution in [0.15, 0.2) is 6.20 Å². The van der Waals surface area contributed by atoms with Crippen LogP contribution in [0.25, 0.3) is 6.20 Å². The van der Waals surface area contributed by atoms with E-state index in [9.17, 15) is 0 Å². The van der Waals surface area contributed by atoms with Crippen molar-refractivity contribution >= 4 is 18.0 Å². The highest BCUT2D eigenvalue weighted by Crippen LogP contribution is 2.14. The van der Waals surface area contributed by atoms with E-state index in [0.29, 0.717) is 6.54 Å². The minimum atomic E-state index is 0.647. The summed E-state index contributed by atoms with van der Waals surface area (Å²) in [5, 5.41) is 0. The molecule has 0 saturated carbocycles. The molecule has 0 fully saturated rings. The van der Waals surface area contributed by atoms with Gasteiger partial charge in [-0.25, -0.2) is 4.98 Å². The average molecular weight is 183 g/mol. The zero-order valence-electron chi connectivity index (χ0n) is 6.79. The predicted octanol–water partition coefficient (Wildman–Crippen LogP) is 1.64. The number of hydrogen-bond acceptors (Lipinski definition) is 2. The molecule has 0 atom stereocenters. The summed E-state index contributed by atoms with van der Waals surface area (Å²) in [7, 11) is 0. The molecule has 0 unspecified atom stereocenters. The highest BCUT2D eigenvalue weighted by Gasteiger charge is 2.11. The maximum Gasteiger partial charge on any atom is 0.134 e. The highest BCUT2D eigenvalue weighted by molar-refractivity contribution is 6.14. The number of fused-ring (bicyclic) bond motifs is 1. The molecular weight excluding hydrogens is 174 g/mol. The van der Waals surface area contributed by atoms with Gasteiger partial charge in [-0.15, -0.1) is 0 Å². The van der Waals surface area contributed by atoms with Crippen LogP contribution in [0.2, 0.25) is 0 Å². The van der Waals surface area contributed by atoms with Crippen LogP contribution in [-0.2, 0) is 13.0 Å². The summed E-state index contributed by atoms with van der Waals surface area (Å²) in [4.78, 5) is 4.35. The number of rotatable bonds is 1. The summed E-state index contributed by atoms with van der Waals surface area (Å²) in [6.07, 6.45) is 7.71. The second-order valence-electron chi connectivity index (χ2n) is 2.67. The topological polar surface area (TPSA) is 21.1 Å². The lowest BCUT2D eigenvalue weighted by Gasteiger charge is -2.14. The van der Waals surface area contributed by atoms with Crippen LogP contribution in [0.5, 0.6) is 0 Å². The van der Waals surface area contributed by atoms with E-state index in [4.69, 9.17) is 11.8 Å². The zero-order chi connectivity index (χ0) is 8.55. The number of nitrogens with zero attached hydrogens (tertiary/aromatic N) is 3. The van der Waals surface area contributed by atoms with Crippen molar-refractivity contribution in [2.24, 2.45) is 0 Å². The Morgan fingerprint density at radius 1 is 1.67 bits per heavy atom. The van der Waals surface area contributed by atoms with Crippen molar-refractivity contribution in [1.82, 2.24) is 14.0 Å². The van der Waals surface area contributed by atoms with E-state index in [1.54, 1.807) is 10.6 Å². The van der Waals surface area contributed by atoms with Gasteiger partial charge in [0.25, 0.3) is 0 Å². The number of aromatic nitrogens is 2. The Hall–Kier alpha value is -0.960. The third kappa shape index (κ3) is 1.20. The molecule has 0 aliphatic carbocycles. The Balaban J connectivity index is 2.37. The molecule has 63 valence electrons. The largest absolute Gasteiger partial charge is 0.298 e. The summed E-state index contributed by atoms with van der Waals surface area (Å²) in [5.41, 5.74) is 0.988. The molecule has 2 rings (SSSR count). The van der Waals surface area contributed by atoms with Crippen LogP contribution in [0.1, 0.15) is 18.4 Å². The summed E-state index contributed by atoms with van der Waals surface area (Å²) < 4.78 is 3.47. The first kappa shape index (κ1) is 7.68. The smallest absolute Gasteiger partial charge is 0.134 e. The molecule has 0 N–H and O–H groups in total. The van der Waals surface area contributed by atoms with Crippen molar-refractivity contribution in [1.29, 1.82) is 0 Å². The summed E-state index contributed by atoms with van der Waals surface area (Å²) in [6, 6.07) is 0. The van der Waals surface area contributed by atoms with Gasteiger partial charge in [0.2, 0.25) is 0 Å². The quantitative estimate of drug-likeness (QED) is 0.616. The molecule has 0 saturated heterocycles. The lowest BCUT2D eigenvalue weighted by atomic mass is 10.4. The minimum absolute atomic E-state index is 0.647. The van der Waals surface area contributed by atoms with Crippen molar-refractivity contribution in [3.63, 3.8) is 0 Å². The van der Waals surface area contributed by atoms with E-state index < -0.39 is 0 Å². The van der Waals surface area contributed by atoms with Crippen LogP contribution < -0.4 is 0 Å². The molecule has 1 aromatic rings. The normalized spacial score (nSPS) is 15.0. The van der Waals surface area contributed by atoms with Crippen molar-refractivity contribution < 1.29 is 0 Å². The van der Waals surface area contributed by atoms with E-state index in [-0.39, 0.29) is 0 Å². The molecule has 1 radical (unpaired) electrons. The fraction of sp³-hybridized carbons (Fsp3) is 0.375. The van der Waals surface area contributed by atoms with Gasteiger partial charge in [-0.3, -0.25) is 8.99 Å². The van der Waals surface area contributed by atoms with Gasteiger partial charge < -0.3 is 0 Å². The van der Waals surface area contributed by atoms with Gasteiger partial charge in [-0.05, 0) is 6.42 Å². The van der Waals surface area contributed by atoms with E-state index >= 15 is 0 Å². The Bertz CT molecular complexity index is 316. The lowest BCUT2D eigenvalue weighted by Crippen LogP contribution is -2.12. The first-order chi connectivity index (χ1) is 5.79. The van der Waals surface area contributed by atoms with Crippen LogP contribution in [0.4, 0.5) is 0 Å².